The van der Waals surface area contributed by atoms with Gasteiger partial charge < -0.3 is 5.11 Å². The second-order valence-corrected chi connectivity index (χ2v) is 10.3. The maximum Gasteiger partial charge on any atom is 0.0583 e. The third-order valence-electron chi connectivity index (χ3n) is 7.92. The topological polar surface area (TPSA) is 20.2 Å². The molecule has 1 heteroatoms. The van der Waals surface area contributed by atoms with Crippen LogP contribution >= 0.6 is 0 Å². The third-order valence-corrected chi connectivity index (χ3v) is 7.92. The molecule has 1 fully saturated rings. The summed E-state index contributed by atoms with van der Waals surface area (Å²) in [7, 11) is 0. The van der Waals surface area contributed by atoms with Crippen molar-refractivity contribution in [2.75, 3.05) is 0 Å². The third kappa shape index (κ3) is 4.97. The molecule has 2 unspecified atom stereocenters. The largest absolute Gasteiger partial charge is 0.393 e. The SMILES string of the molecule is CC1=C(/C=C\C2=CCC[C@]3(C)C(CCCCC(C)C)CCC23)C[C@@H](O)CC1. The minimum absolute atomic E-state index is 0.138. The molecule has 0 spiro atoms. The summed E-state index contributed by atoms with van der Waals surface area (Å²) in [5, 5.41) is 10.0. The zero-order chi connectivity index (χ0) is 19.4. The average molecular weight is 371 g/mol. The Hall–Kier alpha value is -0.820. The zero-order valence-electron chi connectivity index (χ0n) is 18.3. The monoisotopic (exact) mass is 370 g/mol. The maximum atomic E-state index is 10.0. The number of fused-ring (bicyclic) bond motifs is 1. The summed E-state index contributed by atoms with van der Waals surface area (Å²) >= 11 is 0. The molecular weight excluding hydrogens is 328 g/mol. The number of aliphatic hydroxyl groups excluding tert-OH is 1. The predicted molar refractivity (Wildman–Crippen MR) is 117 cm³/mol. The Morgan fingerprint density at radius 3 is 2.78 bits per heavy atom. The summed E-state index contributed by atoms with van der Waals surface area (Å²) in [6.07, 6.45) is 21.0. The van der Waals surface area contributed by atoms with Crippen LogP contribution in [0, 0.1) is 23.2 Å². The maximum absolute atomic E-state index is 10.0. The van der Waals surface area contributed by atoms with Crippen molar-refractivity contribution in [1.29, 1.82) is 0 Å². The van der Waals surface area contributed by atoms with Crippen molar-refractivity contribution < 1.29 is 5.11 Å². The van der Waals surface area contributed by atoms with Gasteiger partial charge in [-0.2, -0.15) is 0 Å². The van der Waals surface area contributed by atoms with Crippen LogP contribution in [0.15, 0.2) is 34.9 Å². The molecule has 0 aromatic heterocycles. The van der Waals surface area contributed by atoms with Crippen LogP contribution in [0.3, 0.4) is 0 Å². The van der Waals surface area contributed by atoms with Gasteiger partial charge in [0.1, 0.15) is 0 Å². The Balaban J connectivity index is 1.63. The molecule has 0 aromatic rings. The van der Waals surface area contributed by atoms with Crippen molar-refractivity contribution in [1.82, 2.24) is 0 Å². The second kappa shape index (κ2) is 9.12. The van der Waals surface area contributed by atoms with Crippen LogP contribution < -0.4 is 0 Å². The Kier molecular flexibility index (Phi) is 7.06. The van der Waals surface area contributed by atoms with Crippen molar-refractivity contribution in [3.63, 3.8) is 0 Å². The molecular formula is C26H42O. The Labute approximate surface area is 168 Å². The molecule has 0 radical (unpaired) electrons. The van der Waals surface area contributed by atoms with Gasteiger partial charge in [-0.05, 0) is 92.6 Å². The molecule has 1 nitrogen and oxygen atoms in total. The van der Waals surface area contributed by atoms with E-state index >= 15 is 0 Å². The molecule has 1 saturated carbocycles. The minimum Gasteiger partial charge on any atom is -0.393 e. The molecule has 4 atom stereocenters. The van der Waals surface area contributed by atoms with E-state index in [1.807, 2.05) is 0 Å². The molecule has 0 bridgehead atoms. The van der Waals surface area contributed by atoms with Crippen molar-refractivity contribution in [2.24, 2.45) is 23.2 Å². The van der Waals surface area contributed by atoms with Crippen LogP contribution in [0.2, 0.25) is 0 Å². The van der Waals surface area contributed by atoms with E-state index in [1.54, 1.807) is 5.57 Å². The summed E-state index contributed by atoms with van der Waals surface area (Å²) in [6, 6.07) is 0. The summed E-state index contributed by atoms with van der Waals surface area (Å²) in [4.78, 5) is 0. The van der Waals surface area contributed by atoms with Gasteiger partial charge in [0.2, 0.25) is 0 Å². The standard InChI is InChI=1S/C26H42O/c1-19(2)8-5-6-10-23-14-16-25-21(9-7-17-26(23,25)4)12-13-22-18-24(27)15-11-20(22)3/h9,12-13,19,23-25,27H,5-8,10-11,14-18H2,1-4H3/b13-12-/t23?,24-,25?,26+/m0/s1. The fourth-order valence-electron chi connectivity index (χ4n) is 6.01. The number of hydrogen-bond acceptors (Lipinski definition) is 1. The molecule has 3 aliphatic carbocycles. The first-order valence-electron chi connectivity index (χ1n) is 11.6. The van der Waals surface area contributed by atoms with Gasteiger partial charge in [0.05, 0.1) is 6.10 Å². The predicted octanol–water partition coefficient (Wildman–Crippen LogP) is 7.37. The normalized spacial score (nSPS) is 34.4. The highest BCUT2D eigenvalue weighted by molar-refractivity contribution is 5.36. The summed E-state index contributed by atoms with van der Waals surface area (Å²) in [5.74, 6) is 2.53. The van der Waals surface area contributed by atoms with Gasteiger partial charge in [0.15, 0.2) is 0 Å². The average Bonchev–Trinajstić information content (AvgIpc) is 2.96. The summed E-state index contributed by atoms with van der Waals surface area (Å²) in [6.45, 7) is 9.53. The zero-order valence-corrected chi connectivity index (χ0v) is 18.3. The summed E-state index contributed by atoms with van der Waals surface area (Å²) in [5.41, 5.74) is 4.96. The highest BCUT2D eigenvalue weighted by Crippen LogP contribution is 2.57. The van der Waals surface area contributed by atoms with Gasteiger partial charge >= 0.3 is 0 Å². The van der Waals surface area contributed by atoms with E-state index in [1.165, 1.54) is 62.5 Å². The molecule has 0 heterocycles. The van der Waals surface area contributed by atoms with Crippen LogP contribution in [0.25, 0.3) is 0 Å². The van der Waals surface area contributed by atoms with E-state index in [-0.39, 0.29) is 6.10 Å². The number of unbranched alkanes of at least 4 members (excludes halogenated alkanes) is 1. The molecule has 0 saturated heterocycles. The molecule has 1 N–H and O–H groups in total. The van der Waals surface area contributed by atoms with Gasteiger partial charge in [0.25, 0.3) is 0 Å². The van der Waals surface area contributed by atoms with Gasteiger partial charge in [-0.15, -0.1) is 0 Å². The first-order chi connectivity index (χ1) is 12.9. The van der Waals surface area contributed by atoms with E-state index in [2.05, 4.69) is 45.9 Å². The number of rotatable bonds is 7. The first-order valence-corrected chi connectivity index (χ1v) is 11.6. The van der Waals surface area contributed by atoms with Crippen molar-refractivity contribution in [3.8, 4) is 0 Å². The molecule has 3 rings (SSSR count). The van der Waals surface area contributed by atoms with Crippen LogP contribution in [-0.2, 0) is 0 Å². The Bertz CT molecular complexity index is 593. The van der Waals surface area contributed by atoms with E-state index in [0.29, 0.717) is 5.41 Å². The Morgan fingerprint density at radius 1 is 1.19 bits per heavy atom. The van der Waals surface area contributed by atoms with E-state index in [0.717, 1.165) is 37.0 Å². The lowest BCUT2D eigenvalue weighted by Crippen LogP contribution is -2.32. The van der Waals surface area contributed by atoms with Crippen LogP contribution in [0.1, 0.15) is 98.3 Å². The highest BCUT2D eigenvalue weighted by atomic mass is 16.3. The van der Waals surface area contributed by atoms with E-state index < -0.39 is 0 Å². The Morgan fingerprint density at radius 2 is 2.00 bits per heavy atom. The smallest absolute Gasteiger partial charge is 0.0583 e. The fourth-order valence-corrected chi connectivity index (χ4v) is 6.01. The molecule has 0 aliphatic heterocycles. The van der Waals surface area contributed by atoms with E-state index in [4.69, 9.17) is 0 Å². The second-order valence-electron chi connectivity index (χ2n) is 10.3. The first kappa shape index (κ1) is 20.9. The lowest BCUT2D eigenvalue weighted by molar-refractivity contribution is 0.146. The van der Waals surface area contributed by atoms with Gasteiger partial charge in [-0.3, -0.25) is 0 Å². The lowest BCUT2D eigenvalue weighted by Gasteiger charge is -2.41. The van der Waals surface area contributed by atoms with E-state index in [9.17, 15) is 5.11 Å². The number of hydrogen-bond donors (Lipinski definition) is 1. The minimum atomic E-state index is -0.138. The quantitative estimate of drug-likeness (QED) is 0.464. The van der Waals surface area contributed by atoms with Gasteiger partial charge in [0, 0.05) is 0 Å². The molecule has 0 aromatic carbocycles. The number of aliphatic hydroxyl groups is 1. The van der Waals surface area contributed by atoms with Gasteiger partial charge in [-0.25, -0.2) is 0 Å². The molecule has 3 aliphatic rings. The number of allylic oxidation sites excluding steroid dienone is 5. The highest BCUT2D eigenvalue weighted by Gasteiger charge is 2.47. The van der Waals surface area contributed by atoms with Crippen molar-refractivity contribution in [3.05, 3.63) is 34.9 Å². The summed E-state index contributed by atoms with van der Waals surface area (Å²) < 4.78 is 0. The molecule has 27 heavy (non-hydrogen) atoms. The fraction of sp³-hybridized carbons (Fsp3) is 0.769. The lowest BCUT2D eigenvalue weighted by atomic mass is 9.64. The van der Waals surface area contributed by atoms with Crippen LogP contribution in [0.4, 0.5) is 0 Å². The van der Waals surface area contributed by atoms with Crippen molar-refractivity contribution in [2.45, 2.75) is 104 Å². The van der Waals surface area contributed by atoms with Crippen LogP contribution in [0.5, 0.6) is 0 Å². The van der Waals surface area contributed by atoms with Crippen LogP contribution in [-0.4, -0.2) is 11.2 Å². The van der Waals surface area contributed by atoms with Crippen molar-refractivity contribution >= 4 is 0 Å². The molecule has 152 valence electrons. The van der Waals surface area contributed by atoms with Gasteiger partial charge in [-0.1, -0.05) is 63.8 Å². The molecule has 0 amide bonds.